The van der Waals surface area contributed by atoms with E-state index >= 15 is 0 Å². The van der Waals surface area contributed by atoms with E-state index in [0.717, 1.165) is 18.5 Å². The number of hydrogen-bond donors (Lipinski definition) is 1. The Morgan fingerprint density at radius 2 is 2.26 bits per heavy atom. The molecule has 2 unspecified atom stereocenters. The van der Waals surface area contributed by atoms with Crippen LogP contribution >= 0.6 is 12.4 Å². The van der Waals surface area contributed by atoms with Crippen LogP contribution in [-0.4, -0.2) is 29.1 Å². The van der Waals surface area contributed by atoms with Crippen molar-refractivity contribution in [3.63, 3.8) is 0 Å². The van der Waals surface area contributed by atoms with E-state index in [1.807, 2.05) is 6.07 Å². The number of carboxylic acids is 1. The Balaban J connectivity index is 0.00000180. The van der Waals surface area contributed by atoms with Gasteiger partial charge in [-0.15, -0.1) is 12.4 Å². The van der Waals surface area contributed by atoms with Crippen molar-refractivity contribution in [1.29, 1.82) is 0 Å². The molecule has 3 nitrogen and oxygen atoms in total. The first-order valence-corrected chi connectivity index (χ1v) is 6.29. The molecule has 2 rings (SSSR count). The molecule has 2 atom stereocenters. The van der Waals surface area contributed by atoms with Gasteiger partial charge in [0.2, 0.25) is 0 Å². The van der Waals surface area contributed by atoms with Crippen LogP contribution in [-0.2, 0) is 4.79 Å². The highest BCUT2D eigenvalue weighted by Gasteiger charge is 2.32. The van der Waals surface area contributed by atoms with E-state index in [1.165, 1.54) is 6.07 Å². The molecule has 0 aliphatic carbocycles. The van der Waals surface area contributed by atoms with Gasteiger partial charge in [-0.1, -0.05) is 19.1 Å². The molecule has 5 heteroatoms. The Morgan fingerprint density at radius 1 is 1.53 bits per heavy atom. The van der Waals surface area contributed by atoms with Gasteiger partial charge in [0.25, 0.3) is 0 Å². The molecule has 0 radical (unpaired) electrons. The minimum Gasteiger partial charge on any atom is -0.481 e. The highest BCUT2D eigenvalue weighted by Crippen LogP contribution is 2.36. The number of benzene rings is 1. The third kappa shape index (κ3) is 3.91. The molecule has 0 saturated carbocycles. The van der Waals surface area contributed by atoms with Gasteiger partial charge in [0.05, 0.1) is 6.42 Å². The van der Waals surface area contributed by atoms with E-state index in [9.17, 15) is 9.18 Å². The van der Waals surface area contributed by atoms with Crippen LogP contribution in [0.5, 0.6) is 0 Å². The standard InChI is InChI=1S/C14H18FNO2.ClH/c1-10-5-7-16(8-6-13(17)18)14(10)11-3-2-4-12(15)9-11;/h2-4,9-10,14H,5-8H2,1H3,(H,17,18);1H. The van der Waals surface area contributed by atoms with Crippen LogP contribution in [0.3, 0.4) is 0 Å². The molecule has 0 amide bonds. The first kappa shape index (κ1) is 15.9. The van der Waals surface area contributed by atoms with Crippen molar-refractivity contribution in [2.45, 2.75) is 25.8 Å². The molecule has 19 heavy (non-hydrogen) atoms. The molecule has 0 spiro atoms. The van der Waals surface area contributed by atoms with E-state index in [1.54, 1.807) is 12.1 Å². The molecule has 0 bridgehead atoms. The van der Waals surface area contributed by atoms with Crippen LogP contribution in [0.1, 0.15) is 31.4 Å². The first-order valence-electron chi connectivity index (χ1n) is 6.29. The molecule has 1 aromatic rings. The lowest BCUT2D eigenvalue weighted by molar-refractivity contribution is -0.137. The zero-order valence-corrected chi connectivity index (χ0v) is 11.7. The van der Waals surface area contributed by atoms with Crippen LogP contribution < -0.4 is 0 Å². The number of nitrogens with zero attached hydrogens (tertiary/aromatic N) is 1. The Labute approximate surface area is 118 Å². The number of hydrogen-bond acceptors (Lipinski definition) is 2. The summed E-state index contributed by atoms with van der Waals surface area (Å²) in [7, 11) is 0. The molecule has 1 saturated heterocycles. The van der Waals surface area contributed by atoms with E-state index in [0.29, 0.717) is 12.5 Å². The summed E-state index contributed by atoms with van der Waals surface area (Å²) in [6.45, 7) is 3.55. The van der Waals surface area contributed by atoms with Gasteiger partial charge >= 0.3 is 5.97 Å². The predicted molar refractivity (Wildman–Crippen MR) is 74.0 cm³/mol. The number of halogens is 2. The molecule has 1 fully saturated rings. The fraction of sp³-hybridized carbons (Fsp3) is 0.500. The Bertz CT molecular complexity index is 441. The maximum atomic E-state index is 13.3. The average molecular weight is 288 g/mol. The predicted octanol–water partition coefficient (Wildman–Crippen LogP) is 3.11. The maximum Gasteiger partial charge on any atom is 0.304 e. The van der Waals surface area contributed by atoms with Gasteiger partial charge < -0.3 is 5.11 Å². The molecule has 106 valence electrons. The van der Waals surface area contributed by atoms with Crippen molar-refractivity contribution in [3.05, 3.63) is 35.6 Å². The zero-order valence-electron chi connectivity index (χ0n) is 10.9. The fourth-order valence-corrected chi connectivity index (χ4v) is 2.75. The smallest absolute Gasteiger partial charge is 0.304 e. The summed E-state index contributed by atoms with van der Waals surface area (Å²) in [6, 6.07) is 6.76. The number of carbonyl (C=O) groups is 1. The lowest BCUT2D eigenvalue weighted by atomic mass is 9.95. The first-order chi connectivity index (χ1) is 8.58. The minimum absolute atomic E-state index is 0. The van der Waals surface area contributed by atoms with E-state index < -0.39 is 5.97 Å². The number of carboxylic acid groups (broad SMARTS) is 1. The van der Waals surface area contributed by atoms with Crippen LogP contribution in [0.2, 0.25) is 0 Å². The van der Waals surface area contributed by atoms with Crippen LogP contribution in [0.4, 0.5) is 4.39 Å². The van der Waals surface area contributed by atoms with Gasteiger partial charge in [0.15, 0.2) is 0 Å². The summed E-state index contributed by atoms with van der Waals surface area (Å²) >= 11 is 0. The zero-order chi connectivity index (χ0) is 13.1. The highest BCUT2D eigenvalue weighted by molar-refractivity contribution is 5.85. The topological polar surface area (TPSA) is 40.5 Å². The molecule has 0 aromatic heterocycles. The van der Waals surface area contributed by atoms with Gasteiger partial charge in [-0.25, -0.2) is 4.39 Å². The van der Waals surface area contributed by atoms with E-state index in [2.05, 4.69) is 11.8 Å². The molecule has 1 aromatic carbocycles. The second-order valence-corrected chi connectivity index (χ2v) is 4.95. The summed E-state index contributed by atoms with van der Waals surface area (Å²) in [4.78, 5) is 12.8. The summed E-state index contributed by atoms with van der Waals surface area (Å²) in [5.41, 5.74) is 0.949. The Morgan fingerprint density at radius 3 is 2.89 bits per heavy atom. The van der Waals surface area contributed by atoms with Crippen molar-refractivity contribution in [2.24, 2.45) is 5.92 Å². The molecule has 1 aliphatic heterocycles. The van der Waals surface area contributed by atoms with Crippen molar-refractivity contribution in [3.8, 4) is 0 Å². The average Bonchev–Trinajstić information content (AvgIpc) is 2.68. The summed E-state index contributed by atoms with van der Waals surface area (Å²) < 4.78 is 13.3. The highest BCUT2D eigenvalue weighted by atomic mass is 35.5. The molecule has 1 aliphatic rings. The molecule has 1 N–H and O–H groups in total. The van der Waals surface area contributed by atoms with Crippen LogP contribution in [0, 0.1) is 11.7 Å². The van der Waals surface area contributed by atoms with Gasteiger partial charge in [-0.2, -0.15) is 0 Å². The van der Waals surface area contributed by atoms with Gasteiger partial charge in [0, 0.05) is 12.6 Å². The van der Waals surface area contributed by atoms with Gasteiger partial charge in [-0.05, 0) is 36.6 Å². The molecular weight excluding hydrogens is 269 g/mol. The molecule has 1 heterocycles. The third-order valence-corrected chi connectivity index (χ3v) is 3.61. The fourth-order valence-electron chi connectivity index (χ4n) is 2.75. The number of likely N-dealkylation sites (tertiary alicyclic amines) is 1. The SMILES string of the molecule is CC1CCN(CCC(=O)O)C1c1cccc(F)c1.Cl. The maximum absolute atomic E-state index is 13.3. The van der Waals surface area contributed by atoms with Gasteiger partial charge in [0.1, 0.15) is 5.82 Å². The lowest BCUT2D eigenvalue weighted by Crippen LogP contribution is -2.27. The largest absolute Gasteiger partial charge is 0.481 e. The summed E-state index contributed by atoms with van der Waals surface area (Å²) in [5.74, 6) is -0.585. The van der Waals surface area contributed by atoms with Crippen molar-refractivity contribution >= 4 is 18.4 Å². The Kier molecular flexibility index (Phi) is 5.76. The van der Waals surface area contributed by atoms with Crippen molar-refractivity contribution < 1.29 is 14.3 Å². The number of rotatable bonds is 4. The normalized spacial score (nSPS) is 23.1. The number of aliphatic carboxylic acids is 1. The van der Waals surface area contributed by atoms with E-state index in [4.69, 9.17) is 5.11 Å². The summed E-state index contributed by atoms with van der Waals surface area (Å²) in [6.07, 6.45) is 1.17. The molecular formula is C14H19ClFNO2. The van der Waals surface area contributed by atoms with Crippen LogP contribution in [0.25, 0.3) is 0 Å². The van der Waals surface area contributed by atoms with E-state index in [-0.39, 0.29) is 30.7 Å². The summed E-state index contributed by atoms with van der Waals surface area (Å²) in [5, 5.41) is 8.75. The monoisotopic (exact) mass is 287 g/mol. The van der Waals surface area contributed by atoms with Crippen molar-refractivity contribution in [1.82, 2.24) is 4.90 Å². The van der Waals surface area contributed by atoms with Gasteiger partial charge in [-0.3, -0.25) is 9.69 Å². The van der Waals surface area contributed by atoms with Crippen LogP contribution in [0.15, 0.2) is 24.3 Å². The van der Waals surface area contributed by atoms with Crippen molar-refractivity contribution in [2.75, 3.05) is 13.1 Å². The Hall–Kier alpha value is -1.13. The second kappa shape index (κ2) is 6.87. The minimum atomic E-state index is -0.785. The third-order valence-electron chi connectivity index (χ3n) is 3.61. The second-order valence-electron chi connectivity index (χ2n) is 4.95. The lowest BCUT2D eigenvalue weighted by Gasteiger charge is -2.26. The quantitative estimate of drug-likeness (QED) is 0.925.